The second-order valence-corrected chi connectivity index (χ2v) is 5.48. The first-order valence-corrected chi connectivity index (χ1v) is 5.93. The van der Waals surface area contributed by atoms with Crippen LogP contribution < -0.4 is 5.32 Å². The fourth-order valence-electron chi connectivity index (χ4n) is 2.95. The molecule has 0 amide bonds. The molecule has 0 radical (unpaired) electrons. The fraction of sp³-hybridized carbons (Fsp3) is 1.00. The lowest BCUT2D eigenvalue weighted by Crippen LogP contribution is -2.62. The molecule has 0 bridgehead atoms. The van der Waals surface area contributed by atoms with Gasteiger partial charge in [0.05, 0.1) is 6.10 Å². The van der Waals surface area contributed by atoms with E-state index in [-0.39, 0.29) is 0 Å². The van der Waals surface area contributed by atoms with E-state index in [9.17, 15) is 0 Å². The van der Waals surface area contributed by atoms with Crippen molar-refractivity contribution < 1.29 is 4.74 Å². The Balaban J connectivity index is 1.82. The molecule has 2 atom stereocenters. The fourth-order valence-corrected chi connectivity index (χ4v) is 2.95. The van der Waals surface area contributed by atoms with Crippen LogP contribution >= 0.6 is 0 Å². The van der Waals surface area contributed by atoms with Crippen molar-refractivity contribution in [2.75, 3.05) is 7.11 Å². The number of rotatable bonds is 3. The summed E-state index contributed by atoms with van der Waals surface area (Å²) in [4.78, 5) is 0. The van der Waals surface area contributed by atoms with Gasteiger partial charge in [0.2, 0.25) is 0 Å². The molecular weight excluding hydrogens is 174 g/mol. The minimum atomic E-state index is 0.331. The third-order valence-corrected chi connectivity index (χ3v) is 4.25. The standard InChI is InChI=1S/C12H23NO/c1-12(2)10(8-11(12)14-3)13-9-6-4-5-7-9/h9-11,13H,4-8H2,1-3H3. The Bertz CT molecular complexity index is 196. The van der Waals surface area contributed by atoms with Crippen molar-refractivity contribution in [3.05, 3.63) is 0 Å². The SMILES string of the molecule is COC1CC(NC2CCCC2)C1(C)C. The second kappa shape index (κ2) is 3.82. The first kappa shape index (κ1) is 10.4. The van der Waals surface area contributed by atoms with Crippen molar-refractivity contribution in [3.63, 3.8) is 0 Å². The van der Waals surface area contributed by atoms with E-state index in [1.54, 1.807) is 0 Å². The number of nitrogens with one attached hydrogen (secondary N) is 1. The van der Waals surface area contributed by atoms with Crippen molar-refractivity contribution >= 4 is 0 Å². The Morgan fingerprint density at radius 2 is 1.86 bits per heavy atom. The predicted octanol–water partition coefficient (Wildman–Crippen LogP) is 2.33. The highest BCUT2D eigenvalue weighted by molar-refractivity contribution is 5.03. The Hall–Kier alpha value is -0.0800. The molecule has 2 fully saturated rings. The molecule has 0 heterocycles. The van der Waals surface area contributed by atoms with Crippen molar-refractivity contribution in [2.45, 2.75) is 64.1 Å². The number of methoxy groups -OCH3 is 1. The maximum atomic E-state index is 5.46. The Labute approximate surface area is 87.4 Å². The molecule has 0 aromatic rings. The summed E-state index contributed by atoms with van der Waals surface area (Å²) in [5.41, 5.74) is 0.331. The van der Waals surface area contributed by atoms with Gasteiger partial charge in [-0.1, -0.05) is 26.7 Å². The van der Waals surface area contributed by atoms with Crippen LogP contribution in [0, 0.1) is 5.41 Å². The third-order valence-electron chi connectivity index (χ3n) is 4.25. The molecule has 0 aromatic heterocycles. The first-order valence-electron chi connectivity index (χ1n) is 5.93. The second-order valence-electron chi connectivity index (χ2n) is 5.48. The van der Waals surface area contributed by atoms with E-state index in [2.05, 4.69) is 19.2 Å². The van der Waals surface area contributed by atoms with Gasteiger partial charge in [0.15, 0.2) is 0 Å². The molecule has 2 saturated carbocycles. The highest BCUT2D eigenvalue weighted by Crippen LogP contribution is 2.43. The van der Waals surface area contributed by atoms with E-state index in [0.29, 0.717) is 17.6 Å². The molecule has 2 unspecified atom stereocenters. The molecule has 2 heteroatoms. The molecule has 2 nitrogen and oxygen atoms in total. The lowest BCUT2D eigenvalue weighted by Gasteiger charge is -2.52. The molecule has 1 N–H and O–H groups in total. The summed E-state index contributed by atoms with van der Waals surface area (Å²) in [6.45, 7) is 4.63. The quantitative estimate of drug-likeness (QED) is 0.750. The van der Waals surface area contributed by atoms with Gasteiger partial charge in [0.1, 0.15) is 0 Å². The van der Waals surface area contributed by atoms with E-state index >= 15 is 0 Å². The van der Waals surface area contributed by atoms with Crippen LogP contribution in [0.2, 0.25) is 0 Å². The van der Waals surface area contributed by atoms with Gasteiger partial charge >= 0.3 is 0 Å². The summed E-state index contributed by atoms with van der Waals surface area (Å²) in [6, 6.07) is 1.47. The van der Waals surface area contributed by atoms with Crippen LogP contribution in [0.15, 0.2) is 0 Å². The van der Waals surface area contributed by atoms with Gasteiger partial charge in [-0.2, -0.15) is 0 Å². The van der Waals surface area contributed by atoms with Gasteiger partial charge in [-0.05, 0) is 19.3 Å². The van der Waals surface area contributed by atoms with Crippen LogP contribution in [-0.4, -0.2) is 25.3 Å². The van der Waals surface area contributed by atoms with Crippen LogP contribution in [0.1, 0.15) is 46.0 Å². The summed E-state index contributed by atoms with van der Waals surface area (Å²) in [7, 11) is 1.83. The molecular formula is C12H23NO. The first-order chi connectivity index (χ1) is 6.64. The topological polar surface area (TPSA) is 21.3 Å². The lowest BCUT2D eigenvalue weighted by atomic mass is 9.64. The van der Waals surface area contributed by atoms with Crippen molar-refractivity contribution in [3.8, 4) is 0 Å². The van der Waals surface area contributed by atoms with Crippen LogP contribution in [0.4, 0.5) is 0 Å². The zero-order valence-electron chi connectivity index (χ0n) is 9.68. The van der Waals surface area contributed by atoms with E-state index in [0.717, 1.165) is 6.04 Å². The minimum Gasteiger partial charge on any atom is -0.381 e. The van der Waals surface area contributed by atoms with Gasteiger partial charge in [-0.3, -0.25) is 0 Å². The van der Waals surface area contributed by atoms with Gasteiger partial charge in [-0.25, -0.2) is 0 Å². The van der Waals surface area contributed by atoms with Gasteiger partial charge in [0.25, 0.3) is 0 Å². The minimum absolute atomic E-state index is 0.331. The van der Waals surface area contributed by atoms with E-state index in [1.165, 1.54) is 32.1 Å². The van der Waals surface area contributed by atoms with Crippen LogP contribution in [0.5, 0.6) is 0 Å². The molecule has 0 spiro atoms. The average Bonchev–Trinajstić information content (AvgIpc) is 2.64. The largest absolute Gasteiger partial charge is 0.381 e. The molecule has 2 rings (SSSR count). The van der Waals surface area contributed by atoms with Crippen LogP contribution in [-0.2, 0) is 4.74 Å². The van der Waals surface area contributed by atoms with Crippen molar-refractivity contribution in [1.29, 1.82) is 0 Å². The summed E-state index contributed by atoms with van der Waals surface area (Å²) in [6.07, 6.45) is 7.24. The number of ether oxygens (including phenoxy) is 1. The number of hydrogen-bond donors (Lipinski definition) is 1. The molecule has 2 aliphatic carbocycles. The Morgan fingerprint density at radius 3 is 2.36 bits per heavy atom. The smallest absolute Gasteiger partial charge is 0.0652 e. The normalized spacial score (nSPS) is 37.1. The van der Waals surface area contributed by atoms with E-state index in [4.69, 9.17) is 4.74 Å². The summed E-state index contributed by atoms with van der Waals surface area (Å²) >= 11 is 0. The van der Waals surface area contributed by atoms with Gasteiger partial charge in [0, 0.05) is 24.6 Å². The lowest BCUT2D eigenvalue weighted by molar-refractivity contribution is -0.1000. The summed E-state index contributed by atoms with van der Waals surface area (Å²) in [5.74, 6) is 0. The highest BCUT2D eigenvalue weighted by atomic mass is 16.5. The van der Waals surface area contributed by atoms with E-state index in [1.807, 2.05) is 7.11 Å². The molecule has 2 aliphatic rings. The van der Waals surface area contributed by atoms with Gasteiger partial charge < -0.3 is 10.1 Å². The average molecular weight is 197 g/mol. The van der Waals surface area contributed by atoms with Crippen LogP contribution in [0.3, 0.4) is 0 Å². The zero-order chi connectivity index (χ0) is 10.2. The molecule has 82 valence electrons. The Kier molecular flexibility index (Phi) is 2.85. The molecule has 14 heavy (non-hydrogen) atoms. The predicted molar refractivity (Wildman–Crippen MR) is 58.4 cm³/mol. The summed E-state index contributed by atoms with van der Waals surface area (Å²) < 4.78 is 5.46. The van der Waals surface area contributed by atoms with Gasteiger partial charge in [-0.15, -0.1) is 0 Å². The maximum absolute atomic E-state index is 5.46. The van der Waals surface area contributed by atoms with Crippen molar-refractivity contribution in [1.82, 2.24) is 5.32 Å². The summed E-state index contributed by atoms with van der Waals surface area (Å²) in [5, 5.41) is 3.79. The Morgan fingerprint density at radius 1 is 1.21 bits per heavy atom. The van der Waals surface area contributed by atoms with E-state index < -0.39 is 0 Å². The molecule has 0 saturated heterocycles. The highest BCUT2D eigenvalue weighted by Gasteiger charge is 2.48. The third kappa shape index (κ3) is 1.70. The monoisotopic (exact) mass is 197 g/mol. The van der Waals surface area contributed by atoms with Crippen molar-refractivity contribution in [2.24, 2.45) is 5.41 Å². The molecule has 0 aromatic carbocycles. The molecule has 0 aliphatic heterocycles. The maximum Gasteiger partial charge on any atom is 0.0652 e. The number of hydrogen-bond acceptors (Lipinski definition) is 2. The van der Waals surface area contributed by atoms with Crippen LogP contribution in [0.25, 0.3) is 0 Å². The zero-order valence-corrected chi connectivity index (χ0v) is 9.68.